The van der Waals surface area contributed by atoms with Gasteiger partial charge in [0.15, 0.2) is 5.78 Å². The van der Waals surface area contributed by atoms with Crippen LogP contribution >= 0.6 is 0 Å². The van der Waals surface area contributed by atoms with E-state index in [1.54, 1.807) is 0 Å². The fourth-order valence-corrected chi connectivity index (χ4v) is 2.58. The Morgan fingerprint density at radius 3 is 2.47 bits per heavy atom. The lowest BCUT2D eigenvalue weighted by atomic mass is 9.86. The second kappa shape index (κ2) is 7.29. The van der Waals surface area contributed by atoms with Crippen molar-refractivity contribution >= 4 is 5.78 Å². The standard InChI is InChI=1S/C16H22O3/c17-11-10-13-6-8-15(9-7-13)19-12-16(18)14-4-2-1-3-5-14/h6-9,14,17H,1-5,10-12H2. The van der Waals surface area contributed by atoms with Crippen molar-refractivity contribution in [2.24, 2.45) is 5.92 Å². The number of benzene rings is 1. The Kier molecular flexibility index (Phi) is 5.40. The summed E-state index contributed by atoms with van der Waals surface area (Å²) < 4.78 is 5.54. The molecule has 19 heavy (non-hydrogen) atoms. The third-order valence-corrected chi connectivity index (χ3v) is 3.77. The predicted molar refractivity (Wildman–Crippen MR) is 74.3 cm³/mol. The summed E-state index contributed by atoms with van der Waals surface area (Å²) in [4.78, 5) is 12.0. The zero-order valence-corrected chi connectivity index (χ0v) is 11.3. The maximum absolute atomic E-state index is 12.0. The molecule has 1 aromatic rings. The van der Waals surface area contributed by atoms with E-state index in [0.717, 1.165) is 24.2 Å². The molecular formula is C16H22O3. The summed E-state index contributed by atoms with van der Waals surface area (Å²) in [7, 11) is 0. The number of ether oxygens (including phenoxy) is 1. The van der Waals surface area contributed by atoms with Crippen molar-refractivity contribution in [2.75, 3.05) is 13.2 Å². The third-order valence-electron chi connectivity index (χ3n) is 3.77. The third kappa shape index (κ3) is 4.35. The molecule has 1 N–H and O–H groups in total. The van der Waals surface area contributed by atoms with Gasteiger partial charge >= 0.3 is 0 Å². The number of hydrogen-bond acceptors (Lipinski definition) is 3. The summed E-state index contributed by atoms with van der Waals surface area (Å²) in [5, 5.41) is 8.83. The number of carbonyl (C=O) groups is 1. The quantitative estimate of drug-likeness (QED) is 0.857. The van der Waals surface area contributed by atoms with E-state index < -0.39 is 0 Å². The summed E-state index contributed by atoms with van der Waals surface area (Å²) in [5.41, 5.74) is 1.08. The molecule has 3 heteroatoms. The molecule has 0 amide bonds. The van der Waals surface area contributed by atoms with Crippen LogP contribution in [0.15, 0.2) is 24.3 Å². The maximum Gasteiger partial charge on any atom is 0.173 e. The summed E-state index contributed by atoms with van der Waals surface area (Å²) in [6.07, 6.45) is 6.31. The molecule has 2 rings (SSSR count). The molecule has 0 spiro atoms. The fraction of sp³-hybridized carbons (Fsp3) is 0.562. The molecule has 0 radical (unpaired) electrons. The lowest BCUT2D eigenvalue weighted by Gasteiger charge is -2.20. The number of carbonyl (C=O) groups excluding carboxylic acids is 1. The topological polar surface area (TPSA) is 46.5 Å². The van der Waals surface area contributed by atoms with Crippen LogP contribution in [-0.4, -0.2) is 24.1 Å². The van der Waals surface area contributed by atoms with Gasteiger partial charge in [0, 0.05) is 12.5 Å². The van der Waals surface area contributed by atoms with Gasteiger partial charge in [-0.05, 0) is 37.0 Å². The summed E-state index contributed by atoms with van der Waals surface area (Å²) in [6, 6.07) is 7.57. The molecule has 0 bridgehead atoms. The predicted octanol–water partition coefficient (Wildman–Crippen LogP) is 2.75. The molecular weight excluding hydrogens is 240 g/mol. The Labute approximate surface area is 114 Å². The minimum absolute atomic E-state index is 0.153. The second-order valence-corrected chi connectivity index (χ2v) is 5.21. The zero-order valence-electron chi connectivity index (χ0n) is 11.3. The van der Waals surface area contributed by atoms with E-state index in [2.05, 4.69) is 0 Å². The van der Waals surface area contributed by atoms with Gasteiger partial charge in [0.05, 0.1) is 0 Å². The molecule has 1 aliphatic carbocycles. The van der Waals surface area contributed by atoms with Crippen molar-refractivity contribution in [3.8, 4) is 5.75 Å². The van der Waals surface area contributed by atoms with Gasteiger partial charge in [-0.2, -0.15) is 0 Å². The number of aliphatic hydroxyl groups excluding tert-OH is 1. The van der Waals surface area contributed by atoms with Crippen molar-refractivity contribution in [3.63, 3.8) is 0 Å². The lowest BCUT2D eigenvalue weighted by Crippen LogP contribution is -2.23. The summed E-state index contributed by atoms with van der Waals surface area (Å²) >= 11 is 0. The van der Waals surface area contributed by atoms with Crippen molar-refractivity contribution in [2.45, 2.75) is 38.5 Å². The Morgan fingerprint density at radius 1 is 1.16 bits per heavy atom. The molecule has 0 saturated heterocycles. The van der Waals surface area contributed by atoms with Gasteiger partial charge in [0.2, 0.25) is 0 Å². The van der Waals surface area contributed by atoms with Crippen LogP contribution in [-0.2, 0) is 11.2 Å². The highest BCUT2D eigenvalue weighted by Crippen LogP contribution is 2.24. The number of rotatable bonds is 6. The first-order valence-corrected chi connectivity index (χ1v) is 7.15. The Morgan fingerprint density at radius 2 is 1.84 bits per heavy atom. The van der Waals surface area contributed by atoms with Crippen LogP contribution < -0.4 is 4.74 Å². The molecule has 0 heterocycles. The average Bonchev–Trinajstić information content (AvgIpc) is 2.47. The highest BCUT2D eigenvalue weighted by Gasteiger charge is 2.21. The molecule has 3 nitrogen and oxygen atoms in total. The van der Waals surface area contributed by atoms with Crippen LogP contribution in [0.3, 0.4) is 0 Å². The van der Waals surface area contributed by atoms with Crippen LogP contribution in [0.1, 0.15) is 37.7 Å². The smallest absolute Gasteiger partial charge is 0.173 e. The molecule has 1 fully saturated rings. The van der Waals surface area contributed by atoms with Crippen LogP contribution in [0.4, 0.5) is 0 Å². The van der Waals surface area contributed by atoms with E-state index >= 15 is 0 Å². The van der Waals surface area contributed by atoms with E-state index in [-0.39, 0.29) is 24.9 Å². The largest absolute Gasteiger partial charge is 0.486 e. The Hall–Kier alpha value is -1.35. The van der Waals surface area contributed by atoms with Crippen LogP contribution in [0.2, 0.25) is 0 Å². The number of aliphatic hydroxyl groups is 1. The lowest BCUT2D eigenvalue weighted by molar-refractivity contribution is -0.125. The normalized spacial score (nSPS) is 16.3. The Bertz CT molecular complexity index is 391. The maximum atomic E-state index is 12.0. The van der Waals surface area contributed by atoms with Crippen LogP contribution in [0.5, 0.6) is 5.75 Å². The molecule has 104 valence electrons. The van der Waals surface area contributed by atoms with Gasteiger partial charge in [0.25, 0.3) is 0 Å². The number of ketones is 1. The van der Waals surface area contributed by atoms with Crippen molar-refractivity contribution in [1.82, 2.24) is 0 Å². The van der Waals surface area contributed by atoms with Gasteiger partial charge < -0.3 is 9.84 Å². The molecule has 1 aromatic carbocycles. The minimum Gasteiger partial charge on any atom is -0.486 e. The fourth-order valence-electron chi connectivity index (χ4n) is 2.58. The van der Waals surface area contributed by atoms with E-state index in [1.165, 1.54) is 19.3 Å². The van der Waals surface area contributed by atoms with E-state index in [9.17, 15) is 4.79 Å². The van der Waals surface area contributed by atoms with Crippen LogP contribution in [0, 0.1) is 5.92 Å². The molecule has 0 aromatic heterocycles. The van der Waals surface area contributed by atoms with Crippen molar-refractivity contribution < 1.29 is 14.6 Å². The van der Waals surface area contributed by atoms with Gasteiger partial charge in [-0.3, -0.25) is 4.79 Å². The highest BCUT2D eigenvalue weighted by atomic mass is 16.5. The Balaban J connectivity index is 1.79. The van der Waals surface area contributed by atoms with Gasteiger partial charge in [-0.1, -0.05) is 31.4 Å². The molecule has 0 unspecified atom stereocenters. The first-order valence-electron chi connectivity index (χ1n) is 7.15. The molecule has 0 atom stereocenters. The van der Waals surface area contributed by atoms with Gasteiger partial charge in [0.1, 0.15) is 12.4 Å². The van der Waals surface area contributed by atoms with Gasteiger partial charge in [-0.25, -0.2) is 0 Å². The average molecular weight is 262 g/mol. The zero-order chi connectivity index (χ0) is 13.5. The van der Waals surface area contributed by atoms with E-state index in [4.69, 9.17) is 9.84 Å². The van der Waals surface area contributed by atoms with E-state index in [1.807, 2.05) is 24.3 Å². The summed E-state index contributed by atoms with van der Waals surface area (Å²) in [6.45, 7) is 0.338. The molecule has 1 saturated carbocycles. The minimum atomic E-state index is 0.153. The number of Topliss-reactive ketones (excluding diaryl/α,β-unsaturated/α-hetero) is 1. The summed E-state index contributed by atoms with van der Waals surface area (Å²) in [5.74, 6) is 1.17. The van der Waals surface area contributed by atoms with Crippen molar-refractivity contribution in [3.05, 3.63) is 29.8 Å². The highest BCUT2D eigenvalue weighted by molar-refractivity contribution is 5.82. The first kappa shape index (κ1) is 14.1. The van der Waals surface area contributed by atoms with Crippen LogP contribution in [0.25, 0.3) is 0 Å². The van der Waals surface area contributed by atoms with Gasteiger partial charge in [-0.15, -0.1) is 0 Å². The molecule has 1 aliphatic rings. The van der Waals surface area contributed by atoms with Crippen molar-refractivity contribution in [1.29, 1.82) is 0 Å². The number of hydrogen-bond donors (Lipinski definition) is 1. The monoisotopic (exact) mass is 262 g/mol. The molecule has 0 aliphatic heterocycles. The first-order chi connectivity index (χ1) is 9.29. The van der Waals surface area contributed by atoms with E-state index in [0.29, 0.717) is 6.42 Å². The SMILES string of the molecule is O=C(COc1ccc(CCO)cc1)C1CCCCC1. The second-order valence-electron chi connectivity index (χ2n) is 5.21.